The van der Waals surface area contributed by atoms with Gasteiger partial charge in [-0.1, -0.05) is 72.8 Å². The summed E-state index contributed by atoms with van der Waals surface area (Å²) in [4.78, 5) is 0. The third-order valence-corrected chi connectivity index (χ3v) is 6.87. The Morgan fingerprint density at radius 3 is 0.815 bits per heavy atom. The lowest BCUT2D eigenvalue weighted by Crippen LogP contribution is -1.62. The van der Waals surface area contributed by atoms with Crippen LogP contribution < -0.4 is 0 Å². The number of hydrogen-bond acceptors (Lipinski definition) is 2. The zero-order valence-electron chi connectivity index (χ0n) is 14.6. The maximum Gasteiger partial charge on any atom is 0.0355 e. The molecule has 0 unspecified atom stereocenters. The van der Waals surface area contributed by atoms with E-state index in [2.05, 4.69) is 97.1 Å². The minimum absolute atomic E-state index is 0. The quantitative estimate of drug-likeness (QED) is 0.240. The first-order valence-electron chi connectivity index (χ1n) is 8.63. The minimum atomic E-state index is 0. The van der Waals surface area contributed by atoms with Crippen molar-refractivity contribution in [3.8, 4) is 0 Å². The molecule has 0 aliphatic carbocycles. The molecule has 0 nitrogen and oxygen atoms in total. The highest BCUT2D eigenvalue weighted by atomic mass is 32.1. The summed E-state index contributed by atoms with van der Waals surface area (Å²) in [6.45, 7) is 0. The smallest absolute Gasteiger partial charge is 0.0355 e. The highest BCUT2D eigenvalue weighted by molar-refractivity contribution is 7.59. The largest absolute Gasteiger partial charge is 0.197 e. The van der Waals surface area contributed by atoms with Gasteiger partial charge in [0.25, 0.3) is 0 Å². The van der Waals surface area contributed by atoms with Crippen LogP contribution in [-0.2, 0) is 0 Å². The lowest BCUT2D eigenvalue weighted by molar-refractivity contribution is 1.84. The Kier molecular flexibility index (Phi) is 5.17. The molecular formula is C24H18S3. The maximum absolute atomic E-state index is 2.19. The summed E-state index contributed by atoms with van der Waals surface area (Å²) in [5.41, 5.74) is 0. The molecule has 3 heteroatoms. The van der Waals surface area contributed by atoms with Crippen LogP contribution in [0.3, 0.4) is 0 Å². The van der Waals surface area contributed by atoms with E-state index < -0.39 is 0 Å². The van der Waals surface area contributed by atoms with Gasteiger partial charge >= 0.3 is 0 Å². The zero-order chi connectivity index (χ0) is 17.3. The fourth-order valence-electron chi connectivity index (χ4n) is 3.35. The van der Waals surface area contributed by atoms with Crippen molar-refractivity contribution in [2.75, 3.05) is 0 Å². The molecule has 27 heavy (non-hydrogen) atoms. The van der Waals surface area contributed by atoms with Gasteiger partial charge in [0, 0.05) is 40.3 Å². The van der Waals surface area contributed by atoms with Crippen molar-refractivity contribution in [2.45, 2.75) is 0 Å². The second kappa shape index (κ2) is 7.73. The second-order valence-corrected chi connectivity index (χ2v) is 8.36. The Balaban J connectivity index is 0.000000129. The van der Waals surface area contributed by atoms with E-state index in [0.717, 1.165) is 0 Å². The molecule has 0 amide bonds. The van der Waals surface area contributed by atoms with E-state index in [9.17, 15) is 0 Å². The van der Waals surface area contributed by atoms with Crippen LogP contribution in [0.5, 0.6) is 0 Å². The molecule has 2 aromatic heterocycles. The van der Waals surface area contributed by atoms with Crippen LogP contribution in [0.15, 0.2) is 97.1 Å². The Labute approximate surface area is 173 Å². The molecule has 0 radical (unpaired) electrons. The van der Waals surface area contributed by atoms with Crippen molar-refractivity contribution in [3.63, 3.8) is 0 Å². The topological polar surface area (TPSA) is 0 Å². The molecule has 0 saturated carbocycles. The summed E-state index contributed by atoms with van der Waals surface area (Å²) in [6, 6.07) is 34.3. The Hall–Kier alpha value is -2.33. The van der Waals surface area contributed by atoms with E-state index in [1.54, 1.807) is 0 Å². The van der Waals surface area contributed by atoms with Crippen LogP contribution in [0, 0.1) is 0 Å². The van der Waals surface area contributed by atoms with E-state index in [-0.39, 0.29) is 13.5 Å². The summed E-state index contributed by atoms with van der Waals surface area (Å²) < 4.78 is 5.51. The van der Waals surface area contributed by atoms with Crippen LogP contribution in [0.25, 0.3) is 40.3 Å². The first kappa shape index (κ1) is 18.1. The molecule has 0 aliphatic rings. The molecule has 0 spiro atoms. The third-order valence-electron chi connectivity index (χ3n) is 4.57. The van der Waals surface area contributed by atoms with Crippen molar-refractivity contribution in [3.05, 3.63) is 97.1 Å². The Bertz CT molecular complexity index is 1130. The second-order valence-electron chi connectivity index (χ2n) is 6.19. The Morgan fingerprint density at radius 1 is 0.333 bits per heavy atom. The third kappa shape index (κ3) is 3.34. The normalized spacial score (nSPS) is 10.7. The summed E-state index contributed by atoms with van der Waals surface area (Å²) in [5.74, 6) is 0. The SMILES string of the molecule is S.c1ccc2c(c1)sc1ccccc12.c1ccc2c(c1)sc1ccccc12. The van der Waals surface area contributed by atoms with E-state index in [0.29, 0.717) is 0 Å². The van der Waals surface area contributed by atoms with Gasteiger partial charge in [-0.25, -0.2) is 0 Å². The zero-order valence-corrected chi connectivity index (χ0v) is 17.2. The van der Waals surface area contributed by atoms with Gasteiger partial charge in [0.2, 0.25) is 0 Å². The standard InChI is InChI=1S/2C12H8S.H2S/c2*1-3-7-11-9(5-1)10-6-2-4-8-12(10)13-11;/h2*1-8H;1H2. The lowest BCUT2D eigenvalue weighted by Gasteiger charge is -1.88. The van der Waals surface area contributed by atoms with E-state index in [1.165, 1.54) is 40.3 Å². The molecule has 0 aliphatic heterocycles. The number of thiophene rings is 2. The number of fused-ring (bicyclic) bond motifs is 6. The average Bonchev–Trinajstić information content (AvgIpc) is 3.27. The van der Waals surface area contributed by atoms with Crippen molar-refractivity contribution >= 4 is 76.5 Å². The number of rotatable bonds is 0. The number of hydrogen-bond donors (Lipinski definition) is 0. The van der Waals surface area contributed by atoms with Gasteiger partial charge in [0.15, 0.2) is 0 Å². The van der Waals surface area contributed by atoms with Crippen LogP contribution in [-0.4, -0.2) is 0 Å². The van der Waals surface area contributed by atoms with Crippen LogP contribution in [0.2, 0.25) is 0 Å². The molecule has 2 heterocycles. The fraction of sp³-hybridized carbons (Fsp3) is 0. The Morgan fingerprint density at radius 2 is 0.556 bits per heavy atom. The van der Waals surface area contributed by atoms with Gasteiger partial charge in [0.05, 0.1) is 0 Å². The molecule has 0 bridgehead atoms. The van der Waals surface area contributed by atoms with Crippen LogP contribution >= 0.6 is 36.2 Å². The van der Waals surface area contributed by atoms with E-state index in [4.69, 9.17) is 0 Å². The van der Waals surface area contributed by atoms with E-state index >= 15 is 0 Å². The summed E-state index contributed by atoms with van der Waals surface area (Å²) in [6.07, 6.45) is 0. The monoisotopic (exact) mass is 402 g/mol. The van der Waals surface area contributed by atoms with Crippen molar-refractivity contribution in [1.29, 1.82) is 0 Å². The van der Waals surface area contributed by atoms with Gasteiger partial charge in [-0.3, -0.25) is 0 Å². The highest BCUT2D eigenvalue weighted by Crippen LogP contribution is 2.33. The molecule has 0 fully saturated rings. The molecule has 0 atom stereocenters. The van der Waals surface area contributed by atoms with Crippen molar-refractivity contribution in [2.24, 2.45) is 0 Å². The van der Waals surface area contributed by atoms with Crippen molar-refractivity contribution < 1.29 is 0 Å². The number of benzene rings is 4. The lowest BCUT2D eigenvalue weighted by atomic mass is 10.2. The van der Waals surface area contributed by atoms with Gasteiger partial charge < -0.3 is 0 Å². The van der Waals surface area contributed by atoms with Gasteiger partial charge in [-0.15, -0.1) is 22.7 Å². The molecule has 0 N–H and O–H groups in total. The molecule has 6 aromatic rings. The average molecular weight is 403 g/mol. The van der Waals surface area contributed by atoms with E-state index in [1.807, 2.05) is 22.7 Å². The molecule has 0 saturated heterocycles. The predicted molar refractivity (Wildman–Crippen MR) is 129 cm³/mol. The van der Waals surface area contributed by atoms with Crippen molar-refractivity contribution in [1.82, 2.24) is 0 Å². The van der Waals surface area contributed by atoms with Gasteiger partial charge in [-0.05, 0) is 24.3 Å². The van der Waals surface area contributed by atoms with Gasteiger partial charge in [-0.2, -0.15) is 13.5 Å². The first-order chi connectivity index (χ1) is 12.9. The molecule has 132 valence electrons. The molecule has 4 aromatic carbocycles. The highest BCUT2D eigenvalue weighted by Gasteiger charge is 2.02. The first-order valence-corrected chi connectivity index (χ1v) is 10.3. The molecular weight excluding hydrogens is 384 g/mol. The van der Waals surface area contributed by atoms with Gasteiger partial charge in [0.1, 0.15) is 0 Å². The summed E-state index contributed by atoms with van der Waals surface area (Å²) in [7, 11) is 0. The van der Waals surface area contributed by atoms with Crippen LogP contribution in [0.4, 0.5) is 0 Å². The maximum atomic E-state index is 2.19. The summed E-state index contributed by atoms with van der Waals surface area (Å²) >= 11 is 3.72. The predicted octanol–water partition coefficient (Wildman–Crippen LogP) is 8.22. The molecule has 6 rings (SSSR count). The minimum Gasteiger partial charge on any atom is -0.197 e. The van der Waals surface area contributed by atoms with Crippen LogP contribution in [0.1, 0.15) is 0 Å². The summed E-state index contributed by atoms with van der Waals surface area (Å²) in [5, 5.41) is 5.51. The fourth-order valence-corrected chi connectivity index (χ4v) is 5.56.